The number of aliphatic hydroxyl groups is 5. The SMILES string of the molecule is O=C(C(=O)[C@H](O)[C@H](O)CO)C(O)C(O)CF. The number of hydrogen-bond acceptors (Lipinski definition) is 7. The van der Waals surface area contributed by atoms with Gasteiger partial charge in [0.05, 0.1) is 6.61 Å². The molecule has 0 bridgehead atoms. The van der Waals surface area contributed by atoms with Crippen LogP contribution < -0.4 is 0 Å². The number of rotatable bonds is 7. The molecule has 0 amide bonds. The molecule has 0 aliphatic carbocycles. The average molecular weight is 240 g/mol. The molecule has 0 saturated heterocycles. The first-order valence-electron chi connectivity index (χ1n) is 4.34. The summed E-state index contributed by atoms with van der Waals surface area (Å²) in [7, 11) is 0. The minimum Gasteiger partial charge on any atom is -0.394 e. The summed E-state index contributed by atoms with van der Waals surface area (Å²) in [6, 6.07) is 0. The zero-order valence-electron chi connectivity index (χ0n) is 8.15. The number of aliphatic hydroxyl groups excluding tert-OH is 5. The summed E-state index contributed by atoms with van der Waals surface area (Å²) in [5.74, 6) is -3.24. The largest absolute Gasteiger partial charge is 0.394 e. The Hall–Kier alpha value is -0.930. The molecule has 0 aromatic carbocycles. The van der Waals surface area contributed by atoms with Crippen LogP contribution in [-0.2, 0) is 9.59 Å². The van der Waals surface area contributed by atoms with E-state index in [-0.39, 0.29) is 0 Å². The van der Waals surface area contributed by atoms with Crippen LogP contribution in [0.5, 0.6) is 0 Å². The van der Waals surface area contributed by atoms with Gasteiger partial charge in [-0.2, -0.15) is 0 Å². The highest BCUT2D eigenvalue weighted by atomic mass is 19.1. The molecule has 94 valence electrons. The van der Waals surface area contributed by atoms with E-state index in [9.17, 15) is 14.0 Å². The van der Waals surface area contributed by atoms with Crippen LogP contribution in [0.1, 0.15) is 0 Å². The van der Waals surface area contributed by atoms with Crippen LogP contribution in [-0.4, -0.2) is 74.8 Å². The maximum Gasteiger partial charge on any atom is 0.232 e. The molecule has 0 aliphatic heterocycles. The fourth-order valence-corrected chi connectivity index (χ4v) is 0.825. The van der Waals surface area contributed by atoms with Gasteiger partial charge in [0.25, 0.3) is 0 Å². The Bertz CT molecular complexity index is 231. The van der Waals surface area contributed by atoms with Crippen LogP contribution in [0.2, 0.25) is 0 Å². The van der Waals surface area contributed by atoms with Crippen molar-refractivity contribution in [1.82, 2.24) is 0 Å². The second kappa shape index (κ2) is 6.61. The van der Waals surface area contributed by atoms with Crippen LogP contribution >= 0.6 is 0 Å². The van der Waals surface area contributed by atoms with Gasteiger partial charge in [-0.25, -0.2) is 4.39 Å². The monoisotopic (exact) mass is 240 g/mol. The molecule has 0 saturated carbocycles. The summed E-state index contributed by atoms with van der Waals surface area (Å²) in [4.78, 5) is 22.1. The zero-order chi connectivity index (χ0) is 12.9. The Morgan fingerprint density at radius 1 is 0.938 bits per heavy atom. The minimum atomic E-state index is -2.31. The first-order chi connectivity index (χ1) is 7.36. The Morgan fingerprint density at radius 3 is 1.62 bits per heavy atom. The Morgan fingerprint density at radius 2 is 1.31 bits per heavy atom. The van der Waals surface area contributed by atoms with Crippen LogP contribution in [0.25, 0.3) is 0 Å². The topological polar surface area (TPSA) is 135 Å². The van der Waals surface area contributed by atoms with Gasteiger partial charge in [0.2, 0.25) is 11.6 Å². The van der Waals surface area contributed by atoms with Gasteiger partial charge in [-0.15, -0.1) is 0 Å². The lowest BCUT2D eigenvalue weighted by molar-refractivity contribution is -0.153. The molecule has 0 aromatic rings. The molecule has 7 nitrogen and oxygen atoms in total. The number of carbonyl (C=O) groups excluding carboxylic acids is 2. The molecule has 0 spiro atoms. The summed E-state index contributed by atoms with van der Waals surface area (Å²) in [5, 5.41) is 43.9. The Kier molecular flexibility index (Phi) is 6.22. The average Bonchev–Trinajstić information content (AvgIpc) is 2.32. The van der Waals surface area contributed by atoms with Gasteiger partial charge in [0.15, 0.2) is 0 Å². The third-order valence-corrected chi connectivity index (χ3v) is 1.85. The lowest BCUT2D eigenvalue weighted by atomic mass is 10.0. The number of halogens is 1. The van der Waals surface area contributed by atoms with Crippen LogP contribution in [0.3, 0.4) is 0 Å². The van der Waals surface area contributed by atoms with Crippen molar-refractivity contribution in [1.29, 1.82) is 0 Å². The summed E-state index contributed by atoms with van der Waals surface area (Å²) in [6.45, 7) is -2.42. The van der Waals surface area contributed by atoms with Crippen molar-refractivity contribution in [3.8, 4) is 0 Å². The molecule has 5 N–H and O–H groups in total. The van der Waals surface area contributed by atoms with E-state index in [1.807, 2.05) is 0 Å². The quantitative estimate of drug-likeness (QED) is 0.292. The van der Waals surface area contributed by atoms with E-state index in [1.54, 1.807) is 0 Å². The number of carbonyl (C=O) groups is 2. The van der Waals surface area contributed by atoms with Crippen molar-refractivity contribution in [2.24, 2.45) is 0 Å². The predicted octanol–water partition coefficient (Wildman–Crippen LogP) is -3.47. The molecule has 0 aliphatic rings. The Balaban J connectivity index is 4.55. The van der Waals surface area contributed by atoms with E-state index >= 15 is 0 Å². The molecule has 2 unspecified atom stereocenters. The molecule has 0 heterocycles. The fourth-order valence-electron chi connectivity index (χ4n) is 0.825. The normalized spacial score (nSPS) is 18.6. The molecule has 0 rings (SSSR count). The van der Waals surface area contributed by atoms with Crippen molar-refractivity contribution in [2.75, 3.05) is 13.3 Å². The highest BCUT2D eigenvalue weighted by Crippen LogP contribution is 2.02. The first kappa shape index (κ1) is 15.1. The molecule has 8 heteroatoms. The number of hydrogen-bond donors (Lipinski definition) is 5. The van der Waals surface area contributed by atoms with Crippen molar-refractivity contribution in [2.45, 2.75) is 24.4 Å². The van der Waals surface area contributed by atoms with E-state index < -0.39 is 49.3 Å². The van der Waals surface area contributed by atoms with Crippen LogP contribution in [0.4, 0.5) is 4.39 Å². The van der Waals surface area contributed by atoms with E-state index in [1.165, 1.54) is 0 Å². The molecule has 4 atom stereocenters. The fraction of sp³-hybridized carbons (Fsp3) is 0.750. The van der Waals surface area contributed by atoms with Gasteiger partial charge >= 0.3 is 0 Å². The number of alkyl halides is 1. The van der Waals surface area contributed by atoms with E-state index in [0.717, 1.165) is 0 Å². The standard InChI is InChI=1S/C8H13FO7/c9-1-3(11)5(13)7(15)8(16)6(14)4(12)2-10/h3-6,10-14H,1-2H2/t3?,4-,5?,6-/m1/s1. The number of Topliss-reactive ketones (excluding diaryl/α,β-unsaturated/α-hetero) is 2. The maximum absolute atomic E-state index is 11.9. The van der Waals surface area contributed by atoms with Crippen molar-refractivity contribution in [3.05, 3.63) is 0 Å². The van der Waals surface area contributed by atoms with Gasteiger partial charge in [-0.3, -0.25) is 9.59 Å². The molecular weight excluding hydrogens is 227 g/mol. The van der Waals surface area contributed by atoms with Gasteiger partial charge in [0, 0.05) is 0 Å². The Labute approximate surface area is 89.8 Å². The predicted molar refractivity (Wildman–Crippen MR) is 47.1 cm³/mol. The van der Waals surface area contributed by atoms with Crippen molar-refractivity contribution in [3.63, 3.8) is 0 Å². The lowest BCUT2D eigenvalue weighted by Gasteiger charge is -2.17. The van der Waals surface area contributed by atoms with Gasteiger partial charge < -0.3 is 25.5 Å². The van der Waals surface area contributed by atoms with E-state index in [2.05, 4.69) is 0 Å². The van der Waals surface area contributed by atoms with Gasteiger partial charge in [-0.05, 0) is 0 Å². The summed E-state index contributed by atoms with van der Waals surface area (Å²) < 4.78 is 11.9. The molecule has 16 heavy (non-hydrogen) atoms. The second-order valence-corrected chi connectivity index (χ2v) is 3.09. The molecule has 0 radical (unpaired) electrons. The van der Waals surface area contributed by atoms with Crippen LogP contribution in [0.15, 0.2) is 0 Å². The van der Waals surface area contributed by atoms with E-state index in [0.29, 0.717) is 0 Å². The van der Waals surface area contributed by atoms with Crippen molar-refractivity contribution < 1.29 is 39.5 Å². The number of ketones is 2. The molecular formula is C8H13FO7. The molecule has 0 aromatic heterocycles. The molecule has 0 fully saturated rings. The maximum atomic E-state index is 11.9. The second-order valence-electron chi connectivity index (χ2n) is 3.09. The zero-order valence-corrected chi connectivity index (χ0v) is 8.15. The van der Waals surface area contributed by atoms with Crippen molar-refractivity contribution >= 4 is 11.6 Å². The van der Waals surface area contributed by atoms with Crippen LogP contribution in [0, 0.1) is 0 Å². The third-order valence-electron chi connectivity index (χ3n) is 1.85. The van der Waals surface area contributed by atoms with Gasteiger partial charge in [-0.1, -0.05) is 0 Å². The summed E-state index contributed by atoms with van der Waals surface area (Å²) >= 11 is 0. The summed E-state index contributed by atoms with van der Waals surface area (Å²) in [5.41, 5.74) is 0. The highest BCUT2D eigenvalue weighted by Gasteiger charge is 2.35. The van der Waals surface area contributed by atoms with Gasteiger partial charge in [0.1, 0.15) is 31.1 Å². The minimum absolute atomic E-state index is 0.970. The highest BCUT2D eigenvalue weighted by molar-refractivity contribution is 6.40. The summed E-state index contributed by atoms with van der Waals surface area (Å²) in [6.07, 6.45) is -8.49. The third kappa shape index (κ3) is 3.58. The first-order valence-corrected chi connectivity index (χ1v) is 4.34. The smallest absolute Gasteiger partial charge is 0.232 e. The van der Waals surface area contributed by atoms with E-state index in [4.69, 9.17) is 25.5 Å². The lowest BCUT2D eigenvalue weighted by Crippen LogP contribution is -2.47.